The third kappa shape index (κ3) is 2.01. The number of aryl methyl sites for hydroxylation is 4. The van der Waals surface area contributed by atoms with Gasteiger partial charge in [0, 0.05) is 17.4 Å². The number of nitrogens with two attached hydrogens (primary N) is 1. The predicted molar refractivity (Wildman–Crippen MR) is 90.3 cm³/mol. The van der Waals surface area contributed by atoms with Crippen LogP contribution in [-0.4, -0.2) is 9.78 Å². The molecule has 0 radical (unpaired) electrons. The minimum Gasteiger partial charge on any atom is -0.399 e. The molecule has 0 spiro atoms. The third-order valence-corrected chi connectivity index (χ3v) is 4.59. The largest absolute Gasteiger partial charge is 0.399 e. The molecule has 2 N–H and O–H groups in total. The van der Waals surface area contributed by atoms with Crippen molar-refractivity contribution in [2.45, 2.75) is 26.7 Å². The van der Waals surface area contributed by atoms with Gasteiger partial charge >= 0.3 is 0 Å². The zero-order valence-corrected chi connectivity index (χ0v) is 12.9. The lowest BCUT2D eigenvalue weighted by Crippen LogP contribution is -2.03. The van der Waals surface area contributed by atoms with E-state index in [0.717, 1.165) is 29.9 Å². The summed E-state index contributed by atoms with van der Waals surface area (Å²) in [5.74, 6) is 0. The fraction of sp³-hybridized carbons (Fsp3) is 0.211. The minimum absolute atomic E-state index is 0.775. The molecule has 1 aromatic heterocycles. The SMILES string of the molecule is Cc1cc2c(cc1C)-c1nn(-c3ccc(N)cc3)cc1CC2. The van der Waals surface area contributed by atoms with Gasteiger partial charge in [-0.05, 0) is 79.3 Å². The van der Waals surface area contributed by atoms with Crippen molar-refractivity contribution in [3.63, 3.8) is 0 Å². The van der Waals surface area contributed by atoms with Gasteiger partial charge in [-0.25, -0.2) is 4.68 Å². The van der Waals surface area contributed by atoms with Crippen molar-refractivity contribution in [2.24, 2.45) is 0 Å². The number of fused-ring (bicyclic) bond motifs is 3. The summed E-state index contributed by atoms with van der Waals surface area (Å²) in [6, 6.07) is 12.4. The number of hydrogen-bond acceptors (Lipinski definition) is 2. The summed E-state index contributed by atoms with van der Waals surface area (Å²) in [6.07, 6.45) is 4.30. The van der Waals surface area contributed by atoms with Crippen LogP contribution in [0.25, 0.3) is 16.9 Å². The summed E-state index contributed by atoms with van der Waals surface area (Å²) >= 11 is 0. The first-order chi connectivity index (χ1) is 10.6. The lowest BCUT2D eigenvalue weighted by Gasteiger charge is -2.17. The second-order valence-electron chi connectivity index (χ2n) is 6.13. The van der Waals surface area contributed by atoms with Crippen LogP contribution in [0.1, 0.15) is 22.3 Å². The molecule has 22 heavy (non-hydrogen) atoms. The highest BCUT2D eigenvalue weighted by Crippen LogP contribution is 2.34. The average molecular weight is 289 g/mol. The van der Waals surface area contributed by atoms with Crippen molar-refractivity contribution in [2.75, 3.05) is 5.73 Å². The maximum absolute atomic E-state index is 5.77. The Morgan fingerprint density at radius 1 is 0.955 bits per heavy atom. The van der Waals surface area contributed by atoms with Crippen LogP contribution in [0.4, 0.5) is 5.69 Å². The van der Waals surface area contributed by atoms with Crippen LogP contribution in [0.3, 0.4) is 0 Å². The van der Waals surface area contributed by atoms with E-state index in [9.17, 15) is 0 Å². The lowest BCUT2D eigenvalue weighted by molar-refractivity contribution is 0.884. The van der Waals surface area contributed by atoms with Gasteiger partial charge in [0.05, 0.1) is 11.4 Å². The molecule has 110 valence electrons. The van der Waals surface area contributed by atoms with Crippen molar-refractivity contribution >= 4 is 5.69 Å². The molecule has 1 aliphatic rings. The average Bonchev–Trinajstić information content (AvgIpc) is 2.94. The summed E-state index contributed by atoms with van der Waals surface area (Å²) < 4.78 is 1.97. The van der Waals surface area contributed by atoms with E-state index >= 15 is 0 Å². The quantitative estimate of drug-likeness (QED) is 0.692. The maximum Gasteiger partial charge on any atom is 0.0962 e. The van der Waals surface area contributed by atoms with Crippen molar-refractivity contribution < 1.29 is 0 Å². The van der Waals surface area contributed by atoms with Crippen LogP contribution < -0.4 is 5.73 Å². The molecule has 2 aromatic carbocycles. The summed E-state index contributed by atoms with van der Waals surface area (Å²) in [6.45, 7) is 4.35. The van der Waals surface area contributed by atoms with E-state index in [0.29, 0.717) is 0 Å². The van der Waals surface area contributed by atoms with E-state index in [2.05, 4.69) is 32.2 Å². The normalized spacial score (nSPS) is 12.8. The van der Waals surface area contributed by atoms with Crippen LogP contribution in [-0.2, 0) is 12.8 Å². The molecule has 0 saturated carbocycles. The first-order valence-corrected chi connectivity index (χ1v) is 7.67. The smallest absolute Gasteiger partial charge is 0.0962 e. The van der Waals surface area contributed by atoms with Crippen LogP contribution in [0.15, 0.2) is 42.6 Å². The highest BCUT2D eigenvalue weighted by atomic mass is 15.3. The van der Waals surface area contributed by atoms with Gasteiger partial charge in [0.15, 0.2) is 0 Å². The second-order valence-corrected chi connectivity index (χ2v) is 6.13. The molecule has 0 amide bonds. The Bertz CT molecular complexity index is 857. The first-order valence-electron chi connectivity index (χ1n) is 7.67. The summed E-state index contributed by atoms with van der Waals surface area (Å²) in [5.41, 5.74) is 15.4. The standard InChI is InChI=1S/C19H19N3/c1-12-9-14-3-4-15-11-22(17-7-5-16(20)6-8-17)21-19(15)18(14)10-13(12)2/h5-11H,3-4,20H2,1-2H3. The van der Waals surface area contributed by atoms with Gasteiger partial charge in [-0.2, -0.15) is 5.10 Å². The van der Waals surface area contributed by atoms with Crippen LogP contribution in [0.2, 0.25) is 0 Å². The predicted octanol–water partition coefficient (Wildman–Crippen LogP) is 3.84. The fourth-order valence-corrected chi connectivity index (χ4v) is 3.15. The van der Waals surface area contributed by atoms with E-state index in [1.54, 1.807) is 0 Å². The van der Waals surface area contributed by atoms with Crippen molar-refractivity contribution in [1.82, 2.24) is 9.78 Å². The Labute approximate surface area is 130 Å². The molecule has 3 heteroatoms. The Hall–Kier alpha value is -2.55. The molecule has 3 nitrogen and oxygen atoms in total. The highest BCUT2D eigenvalue weighted by Gasteiger charge is 2.20. The maximum atomic E-state index is 5.77. The topological polar surface area (TPSA) is 43.8 Å². The van der Waals surface area contributed by atoms with E-state index in [-0.39, 0.29) is 0 Å². The fourth-order valence-electron chi connectivity index (χ4n) is 3.15. The molecule has 0 atom stereocenters. The number of nitrogen functional groups attached to an aromatic ring is 1. The zero-order chi connectivity index (χ0) is 15.3. The number of benzene rings is 2. The van der Waals surface area contributed by atoms with Gasteiger partial charge in [-0.3, -0.25) is 0 Å². The molecular weight excluding hydrogens is 270 g/mol. The Kier molecular flexibility index (Phi) is 2.83. The molecule has 0 fully saturated rings. The Balaban J connectivity index is 1.84. The van der Waals surface area contributed by atoms with Crippen molar-refractivity contribution in [3.8, 4) is 16.9 Å². The van der Waals surface area contributed by atoms with Gasteiger partial charge in [-0.15, -0.1) is 0 Å². The van der Waals surface area contributed by atoms with Gasteiger partial charge in [0.25, 0.3) is 0 Å². The molecule has 4 rings (SSSR count). The number of aromatic nitrogens is 2. The van der Waals surface area contributed by atoms with Gasteiger partial charge in [0.1, 0.15) is 0 Å². The number of rotatable bonds is 1. The van der Waals surface area contributed by atoms with Gasteiger partial charge < -0.3 is 5.73 Å². The Morgan fingerprint density at radius 2 is 1.64 bits per heavy atom. The van der Waals surface area contributed by atoms with E-state index in [4.69, 9.17) is 10.8 Å². The van der Waals surface area contributed by atoms with Crippen molar-refractivity contribution in [1.29, 1.82) is 0 Å². The Morgan fingerprint density at radius 3 is 2.41 bits per heavy atom. The van der Waals surface area contributed by atoms with Crippen molar-refractivity contribution in [3.05, 3.63) is 64.8 Å². The molecule has 0 unspecified atom stereocenters. The molecular formula is C19H19N3. The van der Waals surface area contributed by atoms with E-state index in [1.807, 2.05) is 28.9 Å². The first kappa shape index (κ1) is 13.1. The van der Waals surface area contributed by atoms with Gasteiger partial charge in [-0.1, -0.05) is 6.07 Å². The van der Waals surface area contributed by atoms with E-state index in [1.165, 1.54) is 27.8 Å². The second kappa shape index (κ2) is 4.73. The molecule has 1 aliphatic carbocycles. The molecule has 0 saturated heterocycles. The summed E-state index contributed by atoms with van der Waals surface area (Å²) in [4.78, 5) is 0. The molecule has 0 bridgehead atoms. The van der Waals surface area contributed by atoms with E-state index < -0.39 is 0 Å². The molecule has 3 aromatic rings. The molecule has 1 heterocycles. The van der Waals surface area contributed by atoms with Gasteiger partial charge in [0.2, 0.25) is 0 Å². The number of hydrogen-bond donors (Lipinski definition) is 1. The lowest BCUT2D eigenvalue weighted by atomic mass is 9.88. The minimum atomic E-state index is 0.775. The third-order valence-electron chi connectivity index (χ3n) is 4.59. The van der Waals surface area contributed by atoms with Crippen LogP contribution in [0.5, 0.6) is 0 Å². The monoisotopic (exact) mass is 289 g/mol. The zero-order valence-electron chi connectivity index (χ0n) is 12.9. The summed E-state index contributed by atoms with van der Waals surface area (Å²) in [5, 5.41) is 4.84. The number of nitrogens with zero attached hydrogens (tertiary/aromatic N) is 2. The van der Waals surface area contributed by atoms with Crippen LogP contribution >= 0.6 is 0 Å². The molecule has 0 aliphatic heterocycles. The van der Waals surface area contributed by atoms with Crippen LogP contribution in [0, 0.1) is 13.8 Å². The summed E-state index contributed by atoms with van der Waals surface area (Å²) in [7, 11) is 0. The highest BCUT2D eigenvalue weighted by molar-refractivity contribution is 5.71. The number of anilines is 1.